The first-order valence-electron chi connectivity index (χ1n) is 6.83. The normalized spacial score (nSPS) is 9.91. The van der Waals surface area contributed by atoms with Crippen molar-refractivity contribution >= 4 is 23.3 Å². The Morgan fingerprint density at radius 2 is 1.82 bits per heavy atom. The van der Waals surface area contributed by atoms with Crippen LogP contribution in [0, 0.1) is 0 Å². The molecule has 2 aromatic rings. The number of carbonyl (C=O) groups excluding carboxylic acids is 2. The van der Waals surface area contributed by atoms with Crippen LogP contribution >= 0.6 is 0 Å². The van der Waals surface area contributed by atoms with Crippen molar-refractivity contribution in [2.45, 2.75) is 0 Å². The molecule has 1 aromatic carbocycles. The lowest BCUT2D eigenvalue weighted by Gasteiger charge is -2.12. The molecule has 22 heavy (non-hydrogen) atoms. The van der Waals surface area contributed by atoms with E-state index in [2.05, 4.69) is 15.6 Å². The van der Waals surface area contributed by atoms with E-state index in [4.69, 9.17) is 0 Å². The topological polar surface area (TPSA) is 74.3 Å². The number of pyridine rings is 1. The number of hydrogen-bond acceptors (Lipinski definition) is 4. The van der Waals surface area contributed by atoms with Gasteiger partial charge in [-0.15, -0.1) is 0 Å². The van der Waals surface area contributed by atoms with Gasteiger partial charge in [0.15, 0.2) is 0 Å². The summed E-state index contributed by atoms with van der Waals surface area (Å²) in [6, 6.07) is 12.3. The van der Waals surface area contributed by atoms with Gasteiger partial charge < -0.3 is 15.5 Å². The van der Waals surface area contributed by atoms with Crippen LogP contribution < -0.4 is 15.5 Å². The molecule has 0 aliphatic rings. The van der Waals surface area contributed by atoms with Crippen molar-refractivity contribution in [2.24, 2.45) is 0 Å². The summed E-state index contributed by atoms with van der Waals surface area (Å²) in [5, 5.41) is 5.19. The van der Waals surface area contributed by atoms with Gasteiger partial charge in [0.1, 0.15) is 5.82 Å². The summed E-state index contributed by atoms with van der Waals surface area (Å²) >= 11 is 0. The zero-order chi connectivity index (χ0) is 15.9. The van der Waals surface area contributed by atoms with Crippen LogP contribution in [0.4, 0.5) is 11.5 Å². The Morgan fingerprint density at radius 3 is 2.41 bits per heavy atom. The number of nitrogens with zero attached hydrogens (tertiary/aromatic N) is 2. The lowest BCUT2D eigenvalue weighted by Crippen LogP contribution is -2.33. The minimum absolute atomic E-state index is 0.106. The van der Waals surface area contributed by atoms with Crippen LogP contribution in [0.25, 0.3) is 0 Å². The summed E-state index contributed by atoms with van der Waals surface area (Å²) in [7, 11) is 3.82. The largest absolute Gasteiger partial charge is 0.376 e. The Morgan fingerprint density at radius 1 is 1.09 bits per heavy atom. The second-order valence-electron chi connectivity index (χ2n) is 4.89. The number of anilines is 2. The predicted octanol–water partition coefficient (Wildman–Crippen LogP) is 1.52. The van der Waals surface area contributed by atoms with Crippen molar-refractivity contribution in [3.63, 3.8) is 0 Å². The molecule has 6 nitrogen and oxygen atoms in total. The Bertz CT molecular complexity index is 639. The summed E-state index contributed by atoms with van der Waals surface area (Å²) in [6.45, 7) is -0.106. The van der Waals surface area contributed by atoms with Crippen LogP contribution in [-0.2, 0) is 4.79 Å². The molecule has 2 amide bonds. The Balaban J connectivity index is 1.84. The van der Waals surface area contributed by atoms with Crippen molar-refractivity contribution in [3.05, 3.63) is 54.2 Å². The third kappa shape index (κ3) is 4.31. The van der Waals surface area contributed by atoms with Gasteiger partial charge in [-0.1, -0.05) is 18.2 Å². The number of benzene rings is 1. The first-order valence-corrected chi connectivity index (χ1v) is 6.83. The number of nitrogens with one attached hydrogen (secondary N) is 2. The molecule has 0 saturated heterocycles. The van der Waals surface area contributed by atoms with Crippen molar-refractivity contribution in [1.82, 2.24) is 10.3 Å². The van der Waals surface area contributed by atoms with Crippen LogP contribution in [0.5, 0.6) is 0 Å². The van der Waals surface area contributed by atoms with Gasteiger partial charge in [0.05, 0.1) is 18.4 Å². The van der Waals surface area contributed by atoms with Gasteiger partial charge in [-0.2, -0.15) is 0 Å². The van der Waals surface area contributed by atoms with Crippen molar-refractivity contribution < 1.29 is 9.59 Å². The highest BCUT2D eigenvalue weighted by atomic mass is 16.2. The van der Waals surface area contributed by atoms with E-state index < -0.39 is 0 Å². The molecule has 0 fully saturated rings. The molecule has 0 aliphatic carbocycles. The molecular weight excluding hydrogens is 280 g/mol. The van der Waals surface area contributed by atoms with E-state index in [0.717, 1.165) is 5.69 Å². The molecule has 0 saturated carbocycles. The minimum Gasteiger partial charge on any atom is -0.376 e. The third-order valence-corrected chi connectivity index (χ3v) is 2.98. The lowest BCUT2D eigenvalue weighted by molar-refractivity contribution is -0.115. The zero-order valence-electron chi connectivity index (χ0n) is 12.5. The van der Waals surface area contributed by atoms with E-state index in [1.165, 1.54) is 0 Å². The highest BCUT2D eigenvalue weighted by Gasteiger charge is 2.08. The zero-order valence-corrected chi connectivity index (χ0v) is 12.5. The monoisotopic (exact) mass is 298 g/mol. The van der Waals surface area contributed by atoms with Crippen molar-refractivity contribution in [3.8, 4) is 0 Å². The Labute approximate surface area is 129 Å². The van der Waals surface area contributed by atoms with Gasteiger partial charge in [-0.3, -0.25) is 9.59 Å². The molecule has 0 aliphatic heterocycles. The van der Waals surface area contributed by atoms with Gasteiger partial charge in [0.25, 0.3) is 5.91 Å². The molecule has 0 atom stereocenters. The van der Waals surface area contributed by atoms with Crippen LogP contribution in [0.15, 0.2) is 48.7 Å². The maximum absolute atomic E-state index is 11.8. The summed E-state index contributed by atoms with van der Waals surface area (Å²) in [5.74, 6) is -0.161. The van der Waals surface area contributed by atoms with Gasteiger partial charge in [0.2, 0.25) is 5.91 Å². The van der Waals surface area contributed by atoms with E-state index in [1.54, 1.807) is 36.5 Å². The number of hydrogen-bond donors (Lipinski definition) is 2. The fourth-order valence-corrected chi connectivity index (χ4v) is 1.76. The molecule has 6 heteroatoms. The Hall–Kier alpha value is -2.89. The standard InChI is InChI=1S/C16H18N4O2/c1-20(2)13-8-9-14(17-10-13)19-15(21)11-18-16(22)12-6-4-3-5-7-12/h3-10H,11H2,1-2H3,(H,18,22)(H,17,19,21). The van der Waals surface area contributed by atoms with E-state index >= 15 is 0 Å². The van der Waals surface area contributed by atoms with Crippen LogP contribution in [0.3, 0.4) is 0 Å². The smallest absolute Gasteiger partial charge is 0.251 e. The highest BCUT2D eigenvalue weighted by Crippen LogP contribution is 2.11. The first kappa shape index (κ1) is 15.5. The fourth-order valence-electron chi connectivity index (χ4n) is 1.76. The predicted molar refractivity (Wildman–Crippen MR) is 86.0 cm³/mol. The molecule has 114 valence electrons. The van der Waals surface area contributed by atoms with Gasteiger partial charge >= 0.3 is 0 Å². The molecule has 2 rings (SSSR count). The van der Waals surface area contributed by atoms with Gasteiger partial charge in [-0.05, 0) is 24.3 Å². The first-order chi connectivity index (χ1) is 10.6. The number of rotatable bonds is 5. The second kappa shape index (κ2) is 7.21. The summed E-state index contributed by atoms with van der Waals surface area (Å²) in [4.78, 5) is 29.7. The van der Waals surface area contributed by atoms with Crippen LogP contribution in [0.1, 0.15) is 10.4 Å². The van der Waals surface area contributed by atoms with Crippen molar-refractivity contribution in [1.29, 1.82) is 0 Å². The molecule has 1 aromatic heterocycles. The number of carbonyl (C=O) groups is 2. The van der Waals surface area contributed by atoms with E-state index in [9.17, 15) is 9.59 Å². The number of aromatic nitrogens is 1. The number of amides is 2. The van der Waals surface area contributed by atoms with Gasteiger partial charge in [0, 0.05) is 19.7 Å². The molecular formula is C16H18N4O2. The second-order valence-corrected chi connectivity index (χ2v) is 4.89. The van der Waals surface area contributed by atoms with Crippen molar-refractivity contribution in [2.75, 3.05) is 30.9 Å². The summed E-state index contributed by atoms with van der Waals surface area (Å²) in [5.41, 5.74) is 1.46. The van der Waals surface area contributed by atoms with Crippen LogP contribution in [0.2, 0.25) is 0 Å². The maximum Gasteiger partial charge on any atom is 0.251 e. The van der Waals surface area contributed by atoms with Gasteiger partial charge in [-0.25, -0.2) is 4.98 Å². The molecule has 0 bridgehead atoms. The fraction of sp³-hybridized carbons (Fsp3) is 0.188. The van der Waals surface area contributed by atoms with E-state index in [-0.39, 0.29) is 18.4 Å². The Kier molecular flexibility index (Phi) is 5.08. The lowest BCUT2D eigenvalue weighted by atomic mass is 10.2. The maximum atomic E-state index is 11.8. The third-order valence-electron chi connectivity index (χ3n) is 2.98. The summed E-state index contributed by atoms with van der Waals surface area (Å²) < 4.78 is 0. The average Bonchev–Trinajstić information content (AvgIpc) is 2.54. The average molecular weight is 298 g/mol. The molecule has 1 heterocycles. The quantitative estimate of drug-likeness (QED) is 0.877. The highest BCUT2D eigenvalue weighted by molar-refractivity contribution is 5.99. The SMILES string of the molecule is CN(C)c1ccc(NC(=O)CNC(=O)c2ccccc2)nc1. The van der Waals surface area contributed by atoms with Crippen LogP contribution in [-0.4, -0.2) is 37.4 Å². The minimum atomic E-state index is -0.325. The molecule has 0 spiro atoms. The molecule has 0 radical (unpaired) electrons. The molecule has 2 N–H and O–H groups in total. The molecule has 0 unspecified atom stereocenters. The van der Waals surface area contributed by atoms with E-state index in [1.807, 2.05) is 31.1 Å². The summed E-state index contributed by atoms with van der Waals surface area (Å²) in [6.07, 6.45) is 1.66. The van der Waals surface area contributed by atoms with E-state index in [0.29, 0.717) is 11.4 Å².